The van der Waals surface area contributed by atoms with E-state index in [1.807, 2.05) is 6.07 Å². The average molecular weight is 410 g/mol. The number of halogens is 2. The van der Waals surface area contributed by atoms with E-state index >= 15 is 0 Å². The first-order valence-corrected chi connectivity index (χ1v) is 8.07. The van der Waals surface area contributed by atoms with Crippen molar-refractivity contribution in [3.63, 3.8) is 0 Å². The molecule has 1 aliphatic heterocycles. The standard InChI is InChI=1S/C17H27N3O4.2ClH/c1-22-11-14(18)17(21)19-5-7-20-6-4-12-8-15(23-2)16(24-3)9-13(12)10-20;;/h8-9,14H,4-7,10-11,18H2,1-3H3,(H,19,21);2*1H. The van der Waals surface area contributed by atoms with Gasteiger partial charge in [0.25, 0.3) is 0 Å². The number of nitrogens with one attached hydrogen (secondary N) is 1. The van der Waals surface area contributed by atoms with Crippen molar-refractivity contribution >= 4 is 30.7 Å². The van der Waals surface area contributed by atoms with Crippen LogP contribution in [0.5, 0.6) is 11.5 Å². The van der Waals surface area contributed by atoms with E-state index in [0.29, 0.717) is 6.54 Å². The molecule has 0 spiro atoms. The van der Waals surface area contributed by atoms with E-state index in [1.54, 1.807) is 14.2 Å². The number of benzene rings is 1. The van der Waals surface area contributed by atoms with Gasteiger partial charge in [-0.25, -0.2) is 0 Å². The summed E-state index contributed by atoms with van der Waals surface area (Å²) < 4.78 is 15.6. The number of rotatable bonds is 8. The van der Waals surface area contributed by atoms with E-state index in [4.69, 9.17) is 19.9 Å². The number of hydrogen-bond donors (Lipinski definition) is 2. The van der Waals surface area contributed by atoms with Crippen molar-refractivity contribution < 1.29 is 19.0 Å². The largest absolute Gasteiger partial charge is 0.493 e. The molecule has 0 radical (unpaired) electrons. The number of methoxy groups -OCH3 is 3. The van der Waals surface area contributed by atoms with Crippen LogP contribution in [-0.4, -0.2) is 64.4 Å². The molecule has 1 aliphatic rings. The van der Waals surface area contributed by atoms with Crippen molar-refractivity contribution in [2.24, 2.45) is 5.73 Å². The summed E-state index contributed by atoms with van der Waals surface area (Å²) in [4.78, 5) is 14.1. The van der Waals surface area contributed by atoms with Gasteiger partial charge in [-0.2, -0.15) is 0 Å². The molecule has 0 saturated carbocycles. The summed E-state index contributed by atoms with van der Waals surface area (Å²) in [6, 6.07) is 3.47. The molecule has 150 valence electrons. The molecule has 3 N–H and O–H groups in total. The third kappa shape index (κ3) is 6.48. The molecule has 7 nitrogen and oxygen atoms in total. The maximum atomic E-state index is 11.8. The Balaban J connectivity index is 0.00000312. The lowest BCUT2D eigenvalue weighted by Gasteiger charge is -2.29. The molecule has 9 heteroatoms. The van der Waals surface area contributed by atoms with Crippen molar-refractivity contribution in [2.45, 2.75) is 19.0 Å². The van der Waals surface area contributed by atoms with Crippen LogP contribution >= 0.6 is 24.8 Å². The number of hydrogen-bond acceptors (Lipinski definition) is 6. The summed E-state index contributed by atoms with van der Waals surface area (Å²) in [5.74, 6) is 1.33. The molecule has 0 fully saturated rings. The fourth-order valence-electron chi connectivity index (χ4n) is 2.86. The summed E-state index contributed by atoms with van der Waals surface area (Å²) in [6.07, 6.45) is 0.951. The highest BCUT2D eigenvalue weighted by Gasteiger charge is 2.19. The van der Waals surface area contributed by atoms with Gasteiger partial charge >= 0.3 is 0 Å². The Morgan fingerprint density at radius 2 is 1.81 bits per heavy atom. The first kappa shape index (κ1) is 24.8. The fraction of sp³-hybridized carbons (Fsp3) is 0.588. The Morgan fingerprint density at radius 3 is 2.38 bits per heavy atom. The molecule has 0 saturated heterocycles. The molecule has 1 aromatic rings. The van der Waals surface area contributed by atoms with Gasteiger partial charge in [-0.05, 0) is 29.7 Å². The van der Waals surface area contributed by atoms with Gasteiger partial charge in [-0.3, -0.25) is 9.69 Å². The van der Waals surface area contributed by atoms with Gasteiger partial charge in [0.05, 0.1) is 20.8 Å². The van der Waals surface area contributed by atoms with Crippen molar-refractivity contribution in [1.82, 2.24) is 10.2 Å². The zero-order valence-corrected chi connectivity index (χ0v) is 17.1. The molecular formula is C17H29Cl2N3O4. The second-order valence-corrected chi connectivity index (χ2v) is 5.85. The molecule has 1 heterocycles. The number of carbonyl (C=O) groups is 1. The lowest BCUT2D eigenvalue weighted by molar-refractivity contribution is -0.123. The Kier molecular flexibility index (Phi) is 11.6. The Morgan fingerprint density at radius 1 is 1.19 bits per heavy atom. The maximum absolute atomic E-state index is 11.8. The summed E-state index contributed by atoms with van der Waals surface area (Å²) in [5, 5.41) is 2.85. The van der Waals surface area contributed by atoms with Crippen molar-refractivity contribution in [3.05, 3.63) is 23.3 Å². The van der Waals surface area contributed by atoms with E-state index in [-0.39, 0.29) is 37.3 Å². The van der Waals surface area contributed by atoms with E-state index in [0.717, 1.165) is 37.6 Å². The van der Waals surface area contributed by atoms with E-state index in [9.17, 15) is 4.79 Å². The normalized spacial score (nSPS) is 14.3. The van der Waals surface area contributed by atoms with Crippen LogP contribution in [-0.2, 0) is 22.5 Å². The lowest BCUT2D eigenvalue weighted by Crippen LogP contribution is -2.46. The maximum Gasteiger partial charge on any atom is 0.239 e. The Bertz CT molecular complexity index is 575. The van der Waals surface area contributed by atoms with Gasteiger partial charge in [-0.1, -0.05) is 0 Å². The molecule has 1 amide bonds. The molecule has 0 aliphatic carbocycles. The van der Waals surface area contributed by atoms with Crippen molar-refractivity contribution in [3.8, 4) is 11.5 Å². The molecule has 1 unspecified atom stereocenters. The monoisotopic (exact) mass is 409 g/mol. The average Bonchev–Trinajstić information content (AvgIpc) is 2.60. The summed E-state index contributed by atoms with van der Waals surface area (Å²) in [6.45, 7) is 3.35. The second-order valence-electron chi connectivity index (χ2n) is 5.85. The zero-order valence-electron chi connectivity index (χ0n) is 15.4. The topological polar surface area (TPSA) is 86.0 Å². The van der Waals surface area contributed by atoms with Gasteiger partial charge < -0.3 is 25.3 Å². The Hall–Kier alpha value is -1.25. The third-order valence-electron chi connectivity index (χ3n) is 4.21. The highest BCUT2D eigenvalue weighted by atomic mass is 35.5. The van der Waals surface area contributed by atoms with Crippen LogP contribution in [0.25, 0.3) is 0 Å². The minimum Gasteiger partial charge on any atom is -0.493 e. The summed E-state index contributed by atoms with van der Waals surface area (Å²) in [5.41, 5.74) is 8.22. The number of nitrogens with two attached hydrogens (primary N) is 1. The predicted octanol–water partition coefficient (Wildman–Crippen LogP) is 0.995. The third-order valence-corrected chi connectivity index (χ3v) is 4.21. The molecule has 1 atom stereocenters. The summed E-state index contributed by atoms with van der Waals surface area (Å²) >= 11 is 0. The second kappa shape index (κ2) is 12.2. The smallest absolute Gasteiger partial charge is 0.239 e. The van der Waals surface area contributed by atoms with Crippen LogP contribution in [0.2, 0.25) is 0 Å². The fourth-order valence-corrected chi connectivity index (χ4v) is 2.86. The molecular weight excluding hydrogens is 381 g/mol. The first-order chi connectivity index (χ1) is 11.6. The van der Waals surface area contributed by atoms with Gasteiger partial charge in [0.1, 0.15) is 6.04 Å². The minimum atomic E-state index is -0.617. The van der Waals surface area contributed by atoms with Crippen LogP contribution in [0.4, 0.5) is 0 Å². The lowest BCUT2D eigenvalue weighted by atomic mass is 9.99. The highest BCUT2D eigenvalue weighted by Crippen LogP contribution is 2.33. The van der Waals surface area contributed by atoms with E-state index in [2.05, 4.69) is 16.3 Å². The number of ether oxygens (including phenoxy) is 3. The number of fused-ring (bicyclic) bond motifs is 1. The highest BCUT2D eigenvalue weighted by molar-refractivity contribution is 5.85. The van der Waals surface area contributed by atoms with Gasteiger partial charge in [0.15, 0.2) is 11.5 Å². The van der Waals surface area contributed by atoms with E-state index in [1.165, 1.54) is 18.2 Å². The van der Waals surface area contributed by atoms with Gasteiger partial charge in [0, 0.05) is 33.3 Å². The minimum absolute atomic E-state index is 0. The van der Waals surface area contributed by atoms with Crippen LogP contribution in [0.3, 0.4) is 0 Å². The van der Waals surface area contributed by atoms with Gasteiger partial charge in [-0.15, -0.1) is 24.8 Å². The van der Waals surface area contributed by atoms with Crippen LogP contribution < -0.4 is 20.5 Å². The molecule has 2 rings (SSSR count). The number of amides is 1. The molecule has 1 aromatic carbocycles. The van der Waals surface area contributed by atoms with Crippen molar-refractivity contribution in [1.29, 1.82) is 0 Å². The Labute approximate surface area is 167 Å². The van der Waals surface area contributed by atoms with Gasteiger partial charge in [0.2, 0.25) is 5.91 Å². The van der Waals surface area contributed by atoms with Crippen LogP contribution in [0.1, 0.15) is 11.1 Å². The SMILES string of the molecule is COCC(N)C(=O)NCCN1CCc2cc(OC)c(OC)cc2C1.Cl.Cl. The predicted molar refractivity (Wildman–Crippen MR) is 106 cm³/mol. The van der Waals surface area contributed by atoms with E-state index < -0.39 is 6.04 Å². The van der Waals surface area contributed by atoms with Crippen LogP contribution in [0.15, 0.2) is 12.1 Å². The van der Waals surface area contributed by atoms with Crippen LogP contribution in [0, 0.1) is 0 Å². The molecule has 0 bridgehead atoms. The van der Waals surface area contributed by atoms with Crippen molar-refractivity contribution in [2.75, 3.05) is 47.6 Å². The zero-order chi connectivity index (χ0) is 17.5. The molecule has 0 aromatic heterocycles. The number of nitrogens with zero attached hydrogens (tertiary/aromatic N) is 1. The quantitative estimate of drug-likeness (QED) is 0.665. The first-order valence-electron chi connectivity index (χ1n) is 8.07. The molecule has 26 heavy (non-hydrogen) atoms. The summed E-state index contributed by atoms with van der Waals surface area (Å²) in [7, 11) is 4.82. The number of carbonyl (C=O) groups excluding carboxylic acids is 1.